The molecule has 0 unspecified atom stereocenters. The van der Waals surface area contributed by atoms with Gasteiger partial charge in [0.05, 0.1) is 12.8 Å². The van der Waals surface area contributed by atoms with E-state index in [-0.39, 0.29) is 17.6 Å². The van der Waals surface area contributed by atoms with Crippen LogP contribution >= 0.6 is 0 Å². The van der Waals surface area contributed by atoms with Gasteiger partial charge in [-0.25, -0.2) is 0 Å². The average molecular weight is 352 g/mol. The first-order valence-corrected chi connectivity index (χ1v) is 8.38. The molecular formula is C20H20N2O4. The average Bonchev–Trinajstić information content (AvgIpc) is 2.66. The first kappa shape index (κ1) is 17.5. The van der Waals surface area contributed by atoms with E-state index in [2.05, 4.69) is 10.6 Å². The number of ether oxygens (including phenoxy) is 2. The van der Waals surface area contributed by atoms with Crippen molar-refractivity contribution in [3.63, 3.8) is 0 Å². The summed E-state index contributed by atoms with van der Waals surface area (Å²) in [5.74, 6) is 0.724. The first-order valence-electron chi connectivity index (χ1n) is 8.38. The topological polar surface area (TPSA) is 76.7 Å². The molecule has 26 heavy (non-hydrogen) atoms. The predicted octanol–water partition coefficient (Wildman–Crippen LogP) is 3.21. The molecule has 0 aromatic heterocycles. The Morgan fingerprint density at radius 1 is 1.27 bits per heavy atom. The maximum Gasteiger partial charge on any atom is 0.291 e. The minimum atomic E-state index is -0.380. The van der Waals surface area contributed by atoms with Gasteiger partial charge in [0.15, 0.2) is 11.5 Å². The van der Waals surface area contributed by atoms with Gasteiger partial charge in [0, 0.05) is 17.7 Å². The van der Waals surface area contributed by atoms with Gasteiger partial charge in [-0.15, -0.1) is 0 Å². The Morgan fingerprint density at radius 3 is 2.85 bits per heavy atom. The monoisotopic (exact) mass is 352 g/mol. The fraction of sp³-hybridized carbons (Fsp3) is 0.200. The number of amides is 2. The number of fused-ring (bicyclic) bond motifs is 1. The number of methoxy groups -OCH3 is 1. The molecule has 0 bridgehead atoms. The quantitative estimate of drug-likeness (QED) is 0.810. The molecule has 1 aliphatic rings. The second-order valence-electron chi connectivity index (χ2n) is 5.77. The zero-order chi connectivity index (χ0) is 18.5. The Bertz CT molecular complexity index is 874. The Hall–Kier alpha value is -3.28. The van der Waals surface area contributed by atoms with Crippen LogP contribution in [-0.4, -0.2) is 25.5 Å². The molecule has 2 N–H and O–H groups in total. The molecule has 0 radical (unpaired) electrons. The van der Waals surface area contributed by atoms with Gasteiger partial charge in [-0.2, -0.15) is 0 Å². The smallest absolute Gasteiger partial charge is 0.291 e. The molecule has 0 saturated carbocycles. The van der Waals surface area contributed by atoms with E-state index in [4.69, 9.17) is 9.47 Å². The van der Waals surface area contributed by atoms with E-state index >= 15 is 0 Å². The van der Waals surface area contributed by atoms with Crippen molar-refractivity contribution in [3.8, 4) is 11.5 Å². The summed E-state index contributed by atoms with van der Waals surface area (Å²) < 4.78 is 11.0. The highest BCUT2D eigenvalue weighted by molar-refractivity contribution is 6.09. The van der Waals surface area contributed by atoms with Crippen LogP contribution in [0.4, 0.5) is 5.69 Å². The van der Waals surface area contributed by atoms with E-state index in [1.165, 1.54) is 0 Å². The van der Waals surface area contributed by atoms with Crippen molar-refractivity contribution < 1.29 is 19.1 Å². The minimum absolute atomic E-state index is 0.158. The predicted molar refractivity (Wildman–Crippen MR) is 99.3 cm³/mol. The zero-order valence-corrected chi connectivity index (χ0v) is 14.7. The van der Waals surface area contributed by atoms with Crippen molar-refractivity contribution in [1.82, 2.24) is 5.32 Å². The summed E-state index contributed by atoms with van der Waals surface area (Å²) in [5.41, 5.74) is 1.67. The standard InChI is InChI=1S/C20H20N2O4/c1-3-10-21-19(23)14-8-9-17-15(11-14)22-20(24)18(26-17)12-13-6-4-5-7-16(13)25-2/h4-9,11-12H,3,10H2,1-2H3,(H,21,23)(H,22,24)/b18-12+. The highest BCUT2D eigenvalue weighted by Crippen LogP contribution is 2.33. The lowest BCUT2D eigenvalue weighted by Gasteiger charge is -2.20. The molecule has 0 fully saturated rings. The van der Waals surface area contributed by atoms with Gasteiger partial charge in [-0.1, -0.05) is 25.1 Å². The molecule has 2 aromatic carbocycles. The number of hydrogen-bond donors (Lipinski definition) is 2. The summed E-state index contributed by atoms with van der Waals surface area (Å²) in [5, 5.41) is 5.57. The van der Waals surface area contributed by atoms with Crippen molar-refractivity contribution in [1.29, 1.82) is 0 Å². The summed E-state index contributed by atoms with van der Waals surface area (Å²) >= 11 is 0. The highest BCUT2D eigenvalue weighted by atomic mass is 16.5. The third-order valence-corrected chi connectivity index (χ3v) is 3.89. The molecular weight excluding hydrogens is 332 g/mol. The van der Waals surface area contributed by atoms with Crippen molar-refractivity contribution >= 4 is 23.6 Å². The first-order chi connectivity index (χ1) is 12.6. The number of anilines is 1. The number of benzene rings is 2. The molecule has 0 aliphatic carbocycles. The molecule has 3 rings (SSSR count). The van der Waals surface area contributed by atoms with Gasteiger partial charge >= 0.3 is 0 Å². The van der Waals surface area contributed by atoms with Crippen LogP contribution in [0, 0.1) is 0 Å². The van der Waals surface area contributed by atoms with E-state index < -0.39 is 0 Å². The Kier molecular flexibility index (Phi) is 5.22. The fourth-order valence-electron chi connectivity index (χ4n) is 2.57. The number of carbonyl (C=O) groups excluding carboxylic acids is 2. The third kappa shape index (κ3) is 3.69. The Balaban J connectivity index is 1.86. The summed E-state index contributed by atoms with van der Waals surface area (Å²) in [6, 6.07) is 12.3. The maximum absolute atomic E-state index is 12.4. The lowest BCUT2D eigenvalue weighted by molar-refractivity contribution is -0.115. The number of hydrogen-bond acceptors (Lipinski definition) is 4. The van der Waals surface area contributed by atoms with Crippen LogP contribution in [-0.2, 0) is 4.79 Å². The third-order valence-electron chi connectivity index (χ3n) is 3.89. The van der Waals surface area contributed by atoms with E-state index in [1.807, 2.05) is 31.2 Å². The highest BCUT2D eigenvalue weighted by Gasteiger charge is 2.23. The number of carbonyl (C=O) groups is 2. The molecule has 0 saturated heterocycles. The lowest BCUT2D eigenvalue weighted by atomic mass is 10.1. The maximum atomic E-state index is 12.4. The van der Waals surface area contributed by atoms with Gasteiger partial charge < -0.3 is 20.1 Å². The number of rotatable bonds is 5. The largest absolute Gasteiger partial charge is 0.496 e. The lowest BCUT2D eigenvalue weighted by Crippen LogP contribution is -2.26. The summed E-state index contributed by atoms with van der Waals surface area (Å²) in [6.45, 7) is 2.58. The van der Waals surface area contributed by atoms with Crippen LogP contribution in [0.5, 0.6) is 11.5 Å². The van der Waals surface area contributed by atoms with Crippen LogP contribution in [0.15, 0.2) is 48.2 Å². The van der Waals surface area contributed by atoms with Crippen LogP contribution in [0.1, 0.15) is 29.3 Å². The molecule has 2 aromatic rings. The van der Waals surface area contributed by atoms with Gasteiger partial charge in [-0.05, 0) is 36.8 Å². The zero-order valence-electron chi connectivity index (χ0n) is 14.7. The molecule has 0 spiro atoms. The Morgan fingerprint density at radius 2 is 2.08 bits per heavy atom. The van der Waals surface area contributed by atoms with Gasteiger partial charge in [0.1, 0.15) is 5.75 Å². The summed E-state index contributed by atoms with van der Waals surface area (Å²) in [4.78, 5) is 24.4. The summed E-state index contributed by atoms with van der Waals surface area (Å²) in [6.07, 6.45) is 2.48. The van der Waals surface area contributed by atoms with Crippen LogP contribution < -0.4 is 20.1 Å². The molecule has 1 aliphatic heterocycles. The van der Waals surface area contributed by atoms with Crippen molar-refractivity contribution in [2.24, 2.45) is 0 Å². The SMILES string of the molecule is CCCNC(=O)c1ccc2c(c1)NC(=O)/C(=C\c1ccccc1OC)O2. The van der Waals surface area contributed by atoms with E-state index in [9.17, 15) is 9.59 Å². The van der Waals surface area contributed by atoms with Gasteiger partial charge in [-0.3, -0.25) is 9.59 Å². The van der Waals surface area contributed by atoms with Crippen molar-refractivity contribution in [3.05, 3.63) is 59.4 Å². The van der Waals surface area contributed by atoms with Gasteiger partial charge in [0.2, 0.25) is 0 Å². The molecule has 2 amide bonds. The summed E-state index contributed by atoms with van der Waals surface area (Å²) in [7, 11) is 1.57. The fourth-order valence-corrected chi connectivity index (χ4v) is 2.57. The molecule has 6 nitrogen and oxygen atoms in total. The molecule has 0 atom stereocenters. The van der Waals surface area contributed by atoms with Crippen molar-refractivity contribution in [2.45, 2.75) is 13.3 Å². The number of para-hydroxylation sites is 1. The second kappa shape index (κ2) is 7.74. The Labute approximate surface area is 151 Å². The van der Waals surface area contributed by atoms with Crippen LogP contribution in [0.3, 0.4) is 0 Å². The molecule has 6 heteroatoms. The van der Waals surface area contributed by atoms with Gasteiger partial charge in [0.25, 0.3) is 11.8 Å². The van der Waals surface area contributed by atoms with Crippen molar-refractivity contribution in [2.75, 3.05) is 19.0 Å². The van der Waals surface area contributed by atoms with Crippen LogP contribution in [0.2, 0.25) is 0 Å². The molecule has 1 heterocycles. The number of nitrogens with one attached hydrogen (secondary N) is 2. The van der Waals surface area contributed by atoms with E-state index in [0.29, 0.717) is 29.3 Å². The second-order valence-corrected chi connectivity index (χ2v) is 5.77. The van der Waals surface area contributed by atoms with E-state index in [0.717, 1.165) is 12.0 Å². The molecule has 134 valence electrons. The van der Waals surface area contributed by atoms with E-state index in [1.54, 1.807) is 31.4 Å². The van der Waals surface area contributed by atoms with Crippen LogP contribution in [0.25, 0.3) is 6.08 Å². The normalized spacial score (nSPS) is 14.2. The minimum Gasteiger partial charge on any atom is -0.496 e.